The average molecular weight is 271 g/mol. The molecule has 1 aromatic carbocycles. The Morgan fingerprint density at radius 3 is 2.65 bits per heavy atom. The highest BCUT2D eigenvalue weighted by Gasteiger charge is 2.17. The number of rotatable bonds is 6. The van der Waals surface area contributed by atoms with Crippen molar-refractivity contribution in [3.05, 3.63) is 58.5 Å². The third kappa shape index (κ3) is 3.31. The number of nitrogens with one attached hydrogen (secondary N) is 1. The molecule has 0 bridgehead atoms. The largest absolute Gasteiger partial charge is 0.469 e. The highest BCUT2D eigenvalue weighted by Crippen LogP contribution is 2.25. The summed E-state index contributed by atoms with van der Waals surface area (Å²) in [7, 11) is 0. The number of furan rings is 1. The summed E-state index contributed by atoms with van der Waals surface area (Å²) in [5, 5.41) is 3.59. The monoisotopic (exact) mass is 271 g/mol. The average Bonchev–Trinajstić information content (AvgIpc) is 2.90. The van der Waals surface area contributed by atoms with Gasteiger partial charge in [-0.1, -0.05) is 37.6 Å². The van der Waals surface area contributed by atoms with Crippen LogP contribution in [0.25, 0.3) is 0 Å². The summed E-state index contributed by atoms with van der Waals surface area (Å²) in [5.41, 5.74) is 5.40. The molecule has 1 unspecified atom stereocenters. The Morgan fingerprint density at radius 1 is 1.15 bits per heavy atom. The summed E-state index contributed by atoms with van der Waals surface area (Å²) < 4.78 is 5.59. The van der Waals surface area contributed by atoms with Gasteiger partial charge in [-0.2, -0.15) is 0 Å². The maximum absolute atomic E-state index is 5.59. The quantitative estimate of drug-likeness (QED) is 0.845. The molecule has 0 saturated heterocycles. The number of aryl methyl sites for hydroxylation is 3. The predicted octanol–water partition coefficient (Wildman–Crippen LogP) is 4.35. The molecule has 1 aromatic heterocycles. The molecule has 2 aromatic rings. The standard InChI is InChI=1S/C18H25NO/c1-5-18-16(9-10-20-18)17(19-6-2)12-15-11-13(3)7-8-14(15)4/h7-11,17,19H,5-6,12H2,1-4H3. The Bertz CT molecular complexity index is 556. The summed E-state index contributed by atoms with van der Waals surface area (Å²) in [6.07, 6.45) is 3.76. The Hall–Kier alpha value is -1.54. The molecule has 108 valence electrons. The summed E-state index contributed by atoms with van der Waals surface area (Å²) in [5.74, 6) is 1.10. The fourth-order valence-electron chi connectivity index (χ4n) is 2.73. The fourth-order valence-corrected chi connectivity index (χ4v) is 2.73. The first-order valence-electron chi connectivity index (χ1n) is 7.51. The van der Waals surface area contributed by atoms with Gasteiger partial charge in [-0.05, 0) is 44.0 Å². The zero-order chi connectivity index (χ0) is 14.5. The second-order valence-electron chi connectivity index (χ2n) is 5.40. The van der Waals surface area contributed by atoms with E-state index in [1.165, 1.54) is 22.3 Å². The van der Waals surface area contributed by atoms with Crippen molar-refractivity contribution in [2.45, 2.75) is 46.6 Å². The van der Waals surface area contributed by atoms with Crippen LogP contribution in [0.1, 0.15) is 47.9 Å². The van der Waals surface area contributed by atoms with E-state index in [9.17, 15) is 0 Å². The van der Waals surface area contributed by atoms with E-state index in [1.54, 1.807) is 0 Å². The first-order valence-corrected chi connectivity index (χ1v) is 7.51. The molecule has 2 rings (SSSR count). The lowest BCUT2D eigenvalue weighted by molar-refractivity contribution is 0.487. The maximum atomic E-state index is 5.59. The Morgan fingerprint density at radius 2 is 1.95 bits per heavy atom. The van der Waals surface area contributed by atoms with Crippen molar-refractivity contribution in [1.82, 2.24) is 5.32 Å². The number of hydrogen-bond donors (Lipinski definition) is 1. The van der Waals surface area contributed by atoms with Gasteiger partial charge in [0.1, 0.15) is 5.76 Å². The van der Waals surface area contributed by atoms with E-state index >= 15 is 0 Å². The van der Waals surface area contributed by atoms with Gasteiger partial charge in [-0.15, -0.1) is 0 Å². The van der Waals surface area contributed by atoms with E-state index in [4.69, 9.17) is 4.42 Å². The lowest BCUT2D eigenvalue weighted by atomic mass is 9.94. The van der Waals surface area contributed by atoms with Crippen LogP contribution in [0, 0.1) is 13.8 Å². The first kappa shape index (κ1) is 14.9. The first-order chi connectivity index (χ1) is 9.65. The third-order valence-corrected chi connectivity index (χ3v) is 3.86. The van der Waals surface area contributed by atoms with Crippen LogP contribution in [-0.2, 0) is 12.8 Å². The van der Waals surface area contributed by atoms with Crippen LogP contribution in [0.15, 0.2) is 34.9 Å². The van der Waals surface area contributed by atoms with Crippen LogP contribution in [0.2, 0.25) is 0 Å². The molecule has 0 fully saturated rings. The second-order valence-corrected chi connectivity index (χ2v) is 5.40. The van der Waals surface area contributed by atoms with Gasteiger partial charge in [0.05, 0.1) is 6.26 Å². The maximum Gasteiger partial charge on any atom is 0.108 e. The molecular formula is C18H25NO. The molecule has 0 spiro atoms. The van der Waals surface area contributed by atoms with E-state index in [0.29, 0.717) is 6.04 Å². The van der Waals surface area contributed by atoms with Gasteiger partial charge in [0, 0.05) is 18.0 Å². The van der Waals surface area contributed by atoms with Crippen molar-refractivity contribution in [3.63, 3.8) is 0 Å². The molecule has 0 aliphatic rings. The molecule has 1 atom stereocenters. The van der Waals surface area contributed by atoms with E-state index in [2.05, 4.69) is 57.3 Å². The predicted molar refractivity (Wildman–Crippen MR) is 84.1 cm³/mol. The van der Waals surface area contributed by atoms with Gasteiger partial charge in [0.25, 0.3) is 0 Å². The van der Waals surface area contributed by atoms with Crippen LogP contribution in [0.4, 0.5) is 0 Å². The van der Waals surface area contributed by atoms with Crippen molar-refractivity contribution in [1.29, 1.82) is 0 Å². The van der Waals surface area contributed by atoms with Crippen molar-refractivity contribution in [3.8, 4) is 0 Å². The van der Waals surface area contributed by atoms with Gasteiger partial charge in [-0.3, -0.25) is 0 Å². The van der Waals surface area contributed by atoms with Crippen molar-refractivity contribution < 1.29 is 4.42 Å². The summed E-state index contributed by atoms with van der Waals surface area (Å²) >= 11 is 0. The smallest absolute Gasteiger partial charge is 0.108 e. The van der Waals surface area contributed by atoms with Gasteiger partial charge < -0.3 is 9.73 Å². The zero-order valence-electron chi connectivity index (χ0n) is 13.0. The van der Waals surface area contributed by atoms with E-state index < -0.39 is 0 Å². The van der Waals surface area contributed by atoms with Crippen LogP contribution in [0.5, 0.6) is 0 Å². The highest BCUT2D eigenvalue weighted by molar-refractivity contribution is 5.33. The summed E-state index contributed by atoms with van der Waals surface area (Å²) in [6.45, 7) is 9.60. The summed E-state index contributed by atoms with van der Waals surface area (Å²) in [4.78, 5) is 0. The molecule has 1 heterocycles. The SMILES string of the molecule is CCNC(Cc1cc(C)ccc1C)c1ccoc1CC. The molecule has 20 heavy (non-hydrogen) atoms. The molecule has 0 saturated carbocycles. The lowest BCUT2D eigenvalue weighted by Gasteiger charge is -2.19. The topological polar surface area (TPSA) is 25.2 Å². The number of benzene rings is 1. The molecular weight excluding hydrogens is 246 g/mol. The molecule has 0 aliphatic heterocycles. The van der Waals surface area contributed by atoms with Crippen molar-refractivity contribution in [2.75, 3.05) is 6.54 Å². The van der Waals surface area contributed by atoms with Crippen LogP contribution in [-0.4, -0.2) is 6.54 Å². The minimum absolute atomic E-state index is 0.328. The zero-order valence-corrected chi connectivity index (χ0v) is 13.0. The summed E-state index contributed by atoms with van der Waals surface area (Å²) in [6, 6.07) is 9.12. The molecule has 0 radical (unpaired) electrons. The van der Waals surface area contributed by atoms with Gasteiger partial charge in [-0.25, -0.2) is 0 Å². The normalized spacial score (nSPS) is 12.6. The molecule has 2 heteroatoms. The third-order valence-electron chi connectivity index (χ3n) is 3.86. The number of likely N-dealkylation sites (N-methyl/N-ethyl adjacent to an activating group) is 1. The minimum atomic E-state index is 0.328. The molecule has 2 nitrogen and oxygen atoms in total. The second kappa shape index (κ2) is 6.76. The molecule has 0 aliphatic carbocycles. The Balaban J connectivity index is 2.27. The van der Waals surface area contributed by atoms with Gasteiger partial charge in [0.15, 0.2) is 0 Å². The lowest BCUT2D eigenvalue weighted by Crippen LogP contribution is -2.23. The fraction of sp³-hybridized carbons (Fsp3) is 0.444. The van der Waals surface area contributed by atoms with Crippen molar-refractivity contribution >= 4 is 0 Å². The van der Waals surface area contributed by atoms with E-state index in [-0.39, 0.29) is 0 Å². The van der Waals surface area contributed by atoms with E-state index in [1.807, 2.05) is 6.26 Å². The van der Waals surface area contributed by atoms with Gasteiger partial charge >= 0.3 is 0 Å². The van der Waals surface area contributed by atoms with Crippen LogP contribution in [0.3, 0.4) is 0 Å². The van der Waals surface area contributed by atoms with Crippen molar-refractivity contribution in [2.24, 2.45) is 0 Å². The van der Waals surface area contributed by atoms with E-state index in [0.717, 1.165) is 25.1 Å². The van der Waals surface area contributed by atoms with Crippen LogP contribution >= 0.6 is 0 Å². The van der Waals surface area contributed by atoms with Crippen LogP contribution < -0.4 is 5.32 Å². The molecule has 1 N–H and O–H groups in total. The van der Waals surface area contributed by atoms with Gasteiger partial charge in [0.2, 0.25) is 0 Å². The number of hydrogen-bond acceptors (Lipinski definition) is 2. The Kier molecular flexibility index (Phi) is 5.02. The Labute approximate surface area is 122 Å². The molecule has 0 amide bonds. The highest BCUT2D eigenvalue weighted by atomic mass is 16.3. The minimum Gasteiger partial charge on any atom is -0.469 e.